The first-order valence-corrected chi connectivity index (χ1v) is 4.16. The normalized spacial score (nSPS) is 11.3. The molecule has 0 aliphatic rings. The molecule has 0 saturated carbocycles. The van der Waals surface area contributed by atoms with Gasteiger partial charge in [0.05, 0.1) is 0 Å². The van der Waals surface area contributed by atoms with Crippen molar-refractivity contribution in [2.75, 3.05) is 0 Å². The number of ether oxygens (including phenoxy) is 1. The van der Waals surface area contributed by atoms with Gasteiger partial charge in [-0.3, -0.25) is 4.79 Å². The molecule has 1 aromatic carbocycles. The number of halogens is 1. The van der Waals surface area contributed by atoms with E-state index in [1.54, 1.807) is 6.92 Å². The zero-order valence-corrected chi connectivity index (χ0v) is 8.70. The van der Waals surface area contributed by atoms with E-state index >= 15 is 0 Å². The van der Waals surface area contributed by atoms with E-state index in [9.17, 15) is 4.79 Å². The summed E-state index contributed by atoms with van der Waals surface area (Å²) in [5.41, 5.74) is 6.29. The lowest BCUT2D eigenvalue weighted by Gasteiger charge is -2.06. The average Bonchev–Trinajstić information content (AvgIpc) is 2.15. The van der Waals surface area contributed by atoms with Gasteiger partial charge in [-0.1, -0.05) is 30.3 Å². The van der Waals surface area contributed by atoms with Crippen molar-refractivity contribution in [2.45, 2.75) is 19.6 Å². The van der Waals surface area contributed by atoms with Crippen LogP contribution in [0.15, 0.2) is 30.3 Å². The maximum Gasteiger partial charge on any atom is 1.00 e. The topological polar surface area (TPSA) is 52.3 Å². The predicted octanol–water partition coefficient (Wildman–Crippen LogP) is -1.81. The van der Waals surface area contributed by atoms with E-state index in [0.717, 1.165) is 5.56 Å². The molecule has 4 heteroatoms. The first-order valence-electron chi connectivity index (χ1n) is 4.16. The summed E-state index contributed by atoms with van der Waals surface area (Å²) in [7, 11) is 0. The van der Waals surface area contributed by atoms with Crippen molar-refractivity contribution in [1.29, 1.82) is 0 Å². The molecule has 0 saturated heterocycles. The summed E-state index contributed by atoms with van der Waals surface area (Å²) in [6.45, 7) is 1.90. The van der Waals surface area contributed by atoms with Gasteiger partial charge in [-0.2, -0.15) is 0 Å². The Morgan fingerprint density at radius 1 is 1.50 bits per heavy atom. The molecular weight excluding hydrogens is 202 g/mol. The third-order valence-electron chi connectivity index (χ3n) is 1.60. The number of hydrogen-bond acceptors (Lipinski definition) is 3. The van der Waals surface area contributed by atoms with Crippen molar-refractivity contribution in [3.8, 4) is 0 Å². The maximum absolute atomic E-state index is 11.0. The molecule has 78 valence electrons. The summed E-state index contributed by atoms with van der Waals surface area (Å²) in [6.07, 6.45) is 0. The Morgan fingerprint density at radius 2 is 2.07 bits per heavy atom. The van der Waals surface area contributed by atoms with Crippen LogP contribution in [0.5, 0.6) is 0 Å². The highest BCUT2D eigenvalue weighted by Gasteiger charge is 2.07. The monoisotopic (exact) mass is 215 g/mol. The van der Waals surface area contributed by atoms with Gasteiger partial charge in [0.1, 0.15) is 12.6 Å². The van der Waals surface area contributed by atoms with Gasteiger partial charge in [-0.25, -0.2) is 0 Å². The summed E-state index contributed by atoms with van der Waals surface area (Å²) >= 11 is 0. The minimum absolute atomic E-state index is 0. The predicted molar refractivity (Wildman–Crippen MR) is 51.0 cm³/mol. The first kappa shape index (κ1) is 12.9. The standard InChI is InChI=1S/C10H13NO2.ClH/c1-8(11)10(12)13-7-9-5-3-2-4-6-9;/h2-6,8H,7,11H2,1H3;1H. The third kappa shape index (κ3) is 4.25. The number of nitrogens with two attached hydrogens (primary N) is 1. The highest BCUT2D eigenvalue weighted by atomic mass is 35.5. The summed E-state index contributed by atoms with van der Waals surface area (Å²) < 4.78 is 4.93. The molecule has 0 aliphatic carbocycles. The maximum atomic E-state index is 11.0. The van der Waals surface area contributed by atoms with E-state index in [1.807, 2.05) is 30.3 Å². The fourth-order valence-electron chi connectivity index (χ4n) is 0.860. The van der Waals surface area contributed by atoms with Gasteiger partial charge in [0.15, 0.2) is 0 Å². The van der Waals surface area contributed by atoms with Crippen molar-refractivity contribution in [1.82, 2.24) is 0 Å². The average molecular weight is 216 g/mol. The lowest BCUT2D eigenvalue weighted by atomic mass is 10.2. The summed E-state index contributed by atoms with van der Waals surface area (Å²) in [6, 6.07) is 8.95. The fraction of sp³-hybridized carbons (Fsp3) is 0.300. The molecule has 3 nitrogen and oxygen atoms in total. The Hall–Kier alpha value is -1.06. The van der Waals surface area contributed by atoms with Crippen LogP contribution in [0.25, 0.3) is 0 Å². The second kappa shape index (κ2) is 6.40. The van der Waals surface area contributed by atoms with Gasteiger partial charge in [0, 0.05) is 0 Å². The quantitative estimate of drug-likeness (QED) is 0.605. The van der Waals surface area contributed by atoms with E-state index in [0.29, 0.717) is 6.61 Å². The van der Waals surface area contributed by atoms with Crippen LogP contribution in [0.1, 0.15) is 13.9 Å². The van der Waals surface area contributed by atoms with Gasteiger partial charge in [0.25, 0.3) is 0 Å². The molecule has 1 rings (SSSR count). The van der Waals surface area contributed by atoms with Gasteiger partial charge in [-0.05, 0) is 12.5 Å². The van der Waals surface area contributed by atoms with Gasteiger partial charge in [-0.15, -0.1) is 0 Å². The Labute approximate surface area is 91.1 Å². The second-order valence-corrected chi connectivity index (χ2v) is 2.88. The Kier molecular flexibility index (Phi) is 5.92. The number of rotatable bonds is 3. The molecule has 2 N–H and O–H groups in total. The summed E-state index contributed by atoms with van der Waals surface area (Å²) in [5, 5.41) is 0. The molecule has 0 aromatic heterocycles. The molecule has 1 aromatic rings. The molecule has 1 atom stereocenters. The molecule has 0 aliphatic heterocycles. The smallest absolute Gasteiger partial charge is 1.00 e. The third-order valence-corrected chi connectivity index (χ3v) is 1.60. The fourth-order valence-corrected chi connectivity index (χ4v) is 0.860. The molecule has 14 heavy (non-hydrogen) atoms. The molecule has 0 heterocycles. The Balaban J connectivity index is 0. The van der Waals surface area contributed by atoms with E-state index in [-0.39, 0.29) is 19.8 Å². The van der Waals surface area contributed by atoms with Gasteiger partial charge in [0.2, 0.25) is 0 Å². The zero-order valence-electron chi connectivity index (χ0n) is 8.94. The van der Waals surface area contributed by atoms with Crippen molar-refractivity contribution < 1.29 is 23.4 Å². The van der Waals surface area contributed by atoms with Crippen LogP contribution in [-0.2, 0) is 16.1 Å². The molecule has 0 fully saturated rings. The zero-order chi connectivity index (χ0) is 9.68. The van der Waals surface area contributed by atoms with Gasteiger partial charge >= 0.3 is 7.40 Å². The summed E-state index contributed by atoms with van der Waals surface area (Å²) in [4.78, 5) is 11.0. The van der Waals surface area contributed by atoms with Crippen molar-refractivity contribution in [2.24, 2.45) is 5.73 Å². The molecule has 0 bridgehead atoms. The highest BCUT2D eigenvalue weighted by Crippen LogP contribution is 2.00. The van der Waals surface area contributed by atoms with E-state index in [2.05, 4.69) is 0 Å². The molecule has 0 spiro atoms. The first-order chi connectivity index (χ1) is 6.20. The number of carbonyl (C=O) groups excluding carboxylic acids is 1. The number of carbonyl (C=O) groups is 1. The van der Waals surface area contributed by atoms with Crippen molar-refractivity contribution >= 4 is 5.97 Å². The van der Waals surface area contributed by atoms with Crippen LogP contribution in [-0.4, -0.2) is 12.0 Å². The van der Waals surface area contributed by atoms with Crippen molar-refractivity contribution in [3.63, 3.8) is 0 Å². The van der Waals surface area contributed by atoms with Crippen LogP contribution in [0.3, 0.4) is 0 Å². The molecule has 0 radical (unpaired) electrons. The van der Waals surface area contributed by atoms with Gasteiger partial charge < -0.3 is 22.9 Å². The molecule has 0 amide bonds. The largest absolute Gasteiger partial charge is 1.00 e. The van der Waals surface area contributed by atoms with E-state index in [1.165, 1.54) is 0 Å². The highest BCUT2D eigenvalue weighted by molar-refractivity contribution is 5.74. The minimum atomic E-state index is -0.552. The van der Waals surface area contributed by atoms with Crippen LogP contribution in [0.2, 0.25) is 0 Å². The number of benzene rings is 1. The molecule has 1 unspecified atom stereocenters. The Bertz CT molecular complexity index is 280. The van der Waals surface area contributed by atoms with Crippen LogP contribution in [0.4, 0.5) is 0 Å². The van der Waals surface area contributed by atoms with Crippen LogP contribution < -0.4 is 18.1 Å². The number of hydrogen-bond donors (Lipinski definition) is 1. The van der Waals surface area contributed by atoms with E-state index in [4.69, 9.17) is 10.5 Å². The lowest BCUT2D eigenvalue weighted by molar-refractivity contribution is -0.146. The second-order valence-electron chi connectivity index (χ2n) is 2.88. The van der Waals surface area contributed by atoms with E-state index < -0.39 is 6.04 Å². The lowest BCUT2D eigenvalue weighted by Crippen LogP contribution is -3.00. The SMILES string of the molecule is CC(N)C(=O)OCc1ccccc1.[Cl-].[H+]. The van der Waals surface area contributed by atoms with Crippen LogP contribution >= 0.6 is 0 Å². The van der Waals surface area contributed by atoms with Crippen LogP contribution in [0, 0.1) is 0 Å². The summed E-state index contributed by atoms with van der Waals surface area (Å²) in [5.74, 6) is -0.371. The van der Waals surface area contributed by atoms with Crippen molar-refractivity contribution in [3.05, 3.63) is 35.9 Å². The Morgan fingerprint density at radius 3 is 2.57 bits per heavy atom. The minimum Gasteiger partial charge on any atom is -1.00 e. The molecular formula is C10H14ClNO2. The number of esters is 1.